The Hall–Kier alpha value is -3.82. The number of ether oxygens (including phenoxy) is 1. The zero-order chi connectivity index (χ0) is 25.9. The Kier molecular flexibility index (Phi) is 7.16. The van der Waals surface area contributed by atoms with Crippen LogP contribution in [0.25, 0.3) is 11.3 Å². The number of likely N-dealkylation sites (tertiary alicyclic amines) is 1. The molecule has 3 heterocycles. The van der Waals surface area contributed by atoms with Gasteiger partial charge in [-0.1, -0.05) is 35.6 Å². The molecule has 8 nitrogen and oxygen atoms in total. The van der Waals surface area contributed by atoms with E-state index in [1.165, 1.54) is 5.56 Å². The minimum atomic E-state index is -0.182. The lowest BCUT2D eigenvalue weighted by molar-refractivity contribution is 0.0935. The van der Waals surface area contributed by atoms with Crippen LogP contribution in [0.15, 0.2) is 65.5 Å². The summed E-state index contributed by atoms with van der Waals surface area (Å²) in [5.74, 6) is 0.504. The van der Waals surface area contributed by atoms with Gasteiger partial charge in [0.25, 0.3) is 5.91 Å². The molecule has 190 valence electrons. The molecule has 1 saturated heterocycles. The Bertz CT molecular complexity index is 1460. The SMILES string of the molecule is Cc1cc(COc2ccc(C(=O)N[C@@H]3CN(C)C[C@@H]3c3n[nH]c(=O)s3)cc2)cc(-c2ccccc2C)n1. The third-order valence-corrected chi connectivity index (χ3v) is 7.43. The molecule has 0 aliphatic carbocycles. The van der Waals surface area contributed by atoms with Gasteiger partial charge in [0.05, 0.1) is 11.7 Å². The number of aryl methyl sites for hydroxylation is 2. The summed E-state index contributed by atoms with van der Waals surface area (Å²) in [6, 6.07) is 19.3. The molecule has 1 fully saturated rings. The van der Waals surface area contributed by atoms with Gasteiger partial charge in [-0.05, 0) is 68.4 Å². The number of hydrogen-bond acceptors (Lipinski definition) is 7. The van der Waals surface area contributed by atoms with Crippen molar-refractivity contribution in [1.29, 1.82) is 0 Å². The Labute approximate surface area is 219 Å². The Morgan fingerprint density at radius 2 is 1.92 bits per heavy atom. The van der Waals surface area contributed by atoms with Crippen LogP contribution in [-0.2, 0) is 6.61 Å². The van der Waals surface area contributed by atoms with E-state index in [-0.39, 0.29) is 22.7 Å². The van der Waals surface area contributed by atoms with Crippen LogP contribution in [0.2, 0.25) is 0 Å². The van der Waals surface area contributed by atoms with Crippen molar-refractivity contribution in [3.05, 3.63) is 97.7 Å². The summed E-state index contributed by atoms with van der Waals surface area (Å²) in [6.07, 6.45) is 0. The molecule has 37 heavy (non-hydrogen) atoms. The second-order valence-electron chi connectivity index (χ2n) is 9.49. The van der Waals surface area contributed by atoms with Crippen molar-refractivity contribution in [2.75, 3.05) is 20.1 Å². The summed E-state index contributed by atoms with van der Waals surface area (Å²) < 4.78 is 6.02. The predicted octanol–water partition coefficient (Wildman–Crippen LogP) is 3.92. The molecule has 4 aromatic rings. The number of carbonyl (C=O) groups excluding carboxylic acids is 1. The van der Waals surface area contributed by atoms with Gasteiger partial charge in [0, 0.05) is 35.8 Å². The molecule has 2 atom stereocenters. The normalized spacial score (nSPS) is 17.6. The Balaban J connectivity index is 1.22. The lowest BCUT2D eigenvalue weighted by Crippen LogP contribution is -2.39. The molecule has 2 aromatic carbocycles. The lowest BCUT2D eigenvalue weighted by Gasteiger charge is -2.18. The van der Waals surface area contributed by atoms with Crippen molar-refractivity contribution in [2.45, 2.75) is 32.4 Å². The molecule has 2 N–H and O–H groups in total. The number of rotatable bonds is 7. The van der Waals surface area contributed by atoms with E-state index in [0.29, 0.717) is 24.5 Å². The van der Waals surface area contributed by atoms with Crippen molar-refractivity contribution in [3.63, 3.8) is 0 Å². The van der Waals surface area contributed by atoms with Crippen LogP contribution in [0.4, 0.5) is 0 Å². The van der Waals surface area contributed by atoms with E-state index in [1.54, 1.807) is 12.1 Å². The molecule has 0 saturated carbocycles. The number of pyridine rings is 1. The van der Waals surface area contributed by atoms with Gasteiger partial charge in [0.1, 0.15) is 17.4 Å². The summed E-state index contributed by atoms with van der Waals surface area (Å²) in [5.41, 5.74) is 5.74. The molecule has 9 heteroatoms. The van der Waals surface area contributed by atoms with Crippen LogP contribution < -0.4 is 14.9 Å². The number of benzene rings is 2. The van der Waals surface area contributed by atoms with Crippen LogP contribution in [0, 0.1) is 13.8 Å². The number of amides is 1. The average molecular weight is 516 g/mol. The highest BCUT2D eigenvalue weighted by Crippen LogP contribution is 2.27. The van der Waals surface area contributed by atoms with Gasteiger partial charge in [-0.25, -0.2) is 5.10 Å². The molecule has 1 aliphatic heterocycles. The number of likely N-dealkylation sites (N-methyl/N-ethyl adjacent to an activating group) is 1. The topological polar surface area (TPSA) is 100 Å². The number of hydrogen-bond donors (Lipinski definition) is 2. The summed E-state index contributed by atoms with van der Waals surface area (Å²) in [4.78, 5) is 31.2. The largest absolute Gasteiger partial charge is 0.489 e. The fourth-order valence-electron chi connectivity index (χ4n) is 4.74. The highest BCUT2D eigenvalue weighted by atomic mass is 32.1. The van der Waals surface area contributed by atoms with E-state index in [1.807, 2.05) is 44.3 Å². The van der Waals surface area contributed by atoms with Crippen LogP contribution in [-0.4, -0.2) is 52.2 Å². The zero-order valence-electron chi connectivity index (χ0n) is 21.0. The van der Waals surface area contributed by atoms with E-state index >= 15 is 0 Å². The van der Waals surface area contributed by atoms with E-state index in [2.05, 4.69) is 45.5 Å². The van der Waals surface area contributed by atoms with Gasteiger partial charge in [-0.2, -0.15) is 5.10 Å². The first-order chi connectivity index (χ1) is 17.9. The summed E-state index contributed by atoms with van der Waals surface area (Å²) in [5, 5.41) is 10.4. The lowest BCUT2D eigenvalue weighted by atomic mass is 10.0. The van der Waals surface area contributed by atoms with Crippen molar-refractivity contribution in [3.8, 4) is 17.0 Å². The highest BCUT2D eigenvalue weighted by molar-refractivity contribution is 7.08. The number of H-pyrrole nitrogens is 1. The zero-order valence-corrected chi connectivity index (χ0v) is 21.8. The van der Waals surface area contributed by atoms with Crippen LogP contribution in [0.5, 0.6) is 5.75 Å². The summed E-state index contributed by atoms with van der Waals surface area (Å²) in [7, 11) is 2.00. The van der Waals surface area contributed by atoms with Gasteiger partial charge in [0.2, 0.25) is 0 Å². The quantitative estimate of drug-likeness (QED) is 0.387. The van der Waals surface area contributed by atoms with Crippen LogP contribution >= 0.6 is 11.3 Å². The minimum absolute atomic E-state index is 0.0195. The van der Waals surface area contributed by atoms with E-state index in [9.17, 15) is 9.59 Å². The summed E-state index contributed by atoms with van der Waals surface area (Å²) >= 11 is 1.10. The fourth-order valence-corrected chi connectivity index (χ4v) is 5.50. The van der Waals surface area contributed by atoms with Gasteiger partial charge in [-0.3, -0.25) is 14.6 Å². The fraction of sp³-hybridized carbons (Fsp3) is 0.286. The molecule has 0 radical (unpaired) electrons. The maximum atomic E-state index is 13.0. The molecular weight excluding hydrogens is 486 g/mol. The maximum Gasteiger partial charge on any atom is 0.322 e. The van der Waals surface area contributed by atoms with Gasteiger partial charge in [-0.15, -0.1) is 0 Å². The molecule has 1 aliphatic rings. The standard InChI is InChI=1S/C28H29N5O3S/c1-17-6-4-5-7-22(17)24-13-19(12-18(2)29-24)16-36-21-10-8-20(9-11-21)26(34)30-25-15-33(3)14-23(25)27-31-32-28(35)37-27/h4-13,23,25H,14-16H2,1-3H3,(H,30,34)(H,32,35)/t23-,25+/m0/s1. The molecule has 0 bridgehead atoms. The molecule has 2 aromatic heterocycles. The molecule has 1 amide bonds. The number of nitrogens with zero attached hydrogens (tertiary/aromatic N) is 3. The van der Waals surface area contributed by atoms with Crippen molar-refractivity contribution in [1.82, 2.24) is 25.4 Å². The second kappa shape index (κ2) is 10.7. The first-order valence-electron chi connectivity index (χ1n) is 12.2. The summed E-state index contributed by atoms with van der Waals surface area (Å²) in [6.45, 7) is 5.90. The van der Waals surface area contributed by atoms with E-state index in [0.717, 1.165) is 45.4 Å². The first kappa shape index (κ1) is 24.9. The number of carbonyl (C=O) groups is 1. The number of nitrogens with one attached hydrogen (secondary N) is 2. The van der Waals surface area contributed by atoms with Crippen molar-refractivity contribution < 1.29 is 9.53 Å². The number of aromatic amines is 1. The molecule has 5 rings (SSSR count). The van der Waals surface area contributed by atoms with E-state index in [4.69, 9.17) is 9.72 Å². The van der Waals surface area contributed by atoms with Gasteiger partial charge < -0.3 is 15.0 Å². The van der Waals surface area contributed by atoms with Gasteiger partial charge >= 0.3 is 4.87 Å². The third kappa shape index (κ3) is 5.79. The van der Waals surface area contributed by atoms with E-state index < -0.39 is 0 Å². The van der Waals surface area contributed by atoms with Crippen molar-refractivity contribution >= 4 is 17.2 Å². The smallest absolute Gasteiger partial charge is 0.322 e. The van der Waals surface area contributed by atoms with Gasteiger partial charge in [0.15, 0.2) is 0 Å². The molecular formula is C28H29N5O3S. The van der Waals surface area contributed by atoms with Crippen LogP contribution in [0.3, 0.4) is 0 Å². The maximum absolute atomic E-state index is 13.0. The third-order valence-electron chi connectivity index (χ3n) is 6.55. The Morgan fingerprint density at radius 3 is 2.65 bits per heavy atom. The Morgan fingerprint density at radius 1 is 1.14 bits per heavy atom. The highest BCUT2D eigenvalue weighted by Gasteiger charge is 2.35. The second-order valence-corrected chi connectivity index (χ2v) is 10.5. The minimum Gasteiger partial charge on any atom is -0.489 e. The van der Waals surface area contributed by atoms with Crippen molar-refractivity contribution in [2.24, 2.45) is 0 Å². The molecule has 0 unspecified atom stereocenters. The monoisotopic (exact) mass is 515 g/mol. The molecule has 0 spiro atoms. The average Bonchev–Trinajstić information content (AvgIpc) is 3.47. The van der Waals surface area contributed by atoms with Crippen LogP contribution in [0.1, 0.15) is 38.1 Å². The first-order valence-corrected chi connectivity index (χ1v) is 13.0. The number of aromatic nitrogens is 3. The predicted molar refractivity (Wildman–Crippen MR) is 144 cm³/mol.